The van der Waals surface area contributed by atoms with Crippen LogP contribution in [0.1, 0.15) is 24.1 Å². The minimum absolute atomic E-state index is 0.217. The summed E-state index contributed by atoms with van der Waals surface area (Å²) in [5.41, 5.74) is 4.56. The van der Waals surface area contributed by atoms with Gasteiger partial charge >= 0.3 is 6.01 Å². The number of fused-ring (bicyclic) bond motifs is 1. The summed E-state index contributed by atoms with van der Waals surface area (Å²) in [6.45, 7) is 2.67. The van der Waals surface area contributed by atoms with Crippen molar-refractivity contribution < 1.29 is 4.42 Å². The van der Waals surface area contributed by atoms with Crippen molar-refractivity contribution in [2.45, 2.75) is 19.5 Å². The number of rotatable bonds is 4. The molecule has 1 aliphatic rings. The van der Waals surface area contributed by atoms with Crippen LogP contribution in [0.4, 0.5) is 6.01 Å². The predicted molar refractivity (Wildman–Crippen MR) is 122 cm³/mol. The molecule has 4 aromatic rings. The topological polar surface area (TPSA) is 71.5 Å². The van der Waals surface area contributed by atoms with E-state index in [-0.39, 0.29) is 6.04 Å². The number of aromatic nitrogens is 3. The lowest BCUT2D eigenvalue weighted by Crippen LogP contribution is -2.37. The first-order chi connectivity index (χ1) is 15.1. The third-order valence-electron chi connectivity index (χ3n) is 5.18. The largest absolute Gasteiger partial charge is 0.423 e. The van der Waals surface area contributed by atoms with Crippen LogP contribution in [-0.4, -0.2) is 25.6 Å². The van der Waals surface area contributed by atoms with Crippen LogP contribution in [0.5, 0.6) is 0 Å². The summed E-state index contributed by atoms with van der Waals surface area (Å²) in [4.78, 5) is 11.6. The molecule has 0 saturated carbocycles. The highest BCUT2D eigenvalue weighted by Crippen LogP contribution is 2.32. The molecule has 0 spiro atoms. The third kappa shape index (κ3) is 3.92. The first kappa shape index (κ1) is 19.4. The standard InChI is InChI=1S/C23H21ClN6O/c1-15-11-20(17-7-3-4-8-18(17)24)26-22(30(15)14-16-12-25-29(2)13-16)28-23-27-19-9-5-6-10-21(19)31-23/h3-13,20H,14H2,1-2H3,(H,26,27,28). The fourth-order valence-electron chi connectivity index (χ4n) is 3.66. The molecule has 1 atom stereocenters. The van der Waals surface area contributed by atoms with E-state index < -0.39 is 0 Å². The molecule has 1 aliphatic heterocycles. The van der Waals surface area contributed by atoms with Crippen molar-refractivity contribution in [1.82, 2.24) is 19.7 Å². The molecule has 2 aromatic heterocycles. The molecule has 0 amide bonds. The Labute approximate surface area is 184 Å². The number of nitrogens with one attached hydrogen (secondary N) is 1. The number of benzene rings is 2. The molecule has 3 heterocycles. The average Bonchev–Trinajstić information content (AvgIpc) is 3.35. The highest BCUT2D eigenvalue weighted by atomic mass is 35.5. The number of halogens is 1. The van der Waals surface area contributed by atoms with E-state index in [1.807, 2.05) is 68.0 Å². The van der Waals surface area contributed by atoms with Gasteiger partial charge in [0.15, 0.2) is 5.58 Å². The van der Waals surface area contributed by atoms with Gasteiger partial charge < -0.3 is 9.32 Å². The molecule has 1 N–H and O–H groups in total. The maximum absolute atomic E-state index is 6.46. The normalized spacial score (nSPS) is 16.4. The molecule has 0 fully saturated rings. The second-order valence-electron chi connectivity index (χ2n) is 7.45. The SMILES string of the molecule is CC1=CC(c2ccccc2Cl)N=C(Nc2nc3ccccc3o2)N1Cc1cnn(C)c1. The Kier molecular flexibility index (Phi) is 4.95. The average molecular weight is 433 g/mol. The molecular formula is C23H21ClN6O. The van der Waals surface area contributed by atoms with Gasteiger partial charge in [0.2, 0.25) is 5.96 Å². The van der Waals surface area contributed by atoms with Gasteiger partial charge in [0.05, 0.1) is 12.7 Å². The lowest BCUT2D eigenvalue weighted by molar-refractivity contribution is 0.482. The molecule has 0 bridgehead atoms. The van der Waals surface area contributed by atoms with Crippen molar-refractivity contribution in [3.05, 3.63) is 88.8 Å². The first-order valence-electron chi connectivity index (χ1n) is 9.95. The first-order valence-corrected chi connectivity index (χ1v) is 10.3. The zero-order valence-electron chi connectivity index (χ0n) is 17.2. The number of oxazole rings is 1. The zero-order chi connectivity index (χ0) is 21.4. The van der Waals surface area contributed by atoms with Crippen molar-refractivity contribution in [3.8, 4) is 0 Å². The van der Waals surface area contributed by atoms with E-state index in [1.54, 1.807) is 4.68 Å². The number of hydrogen-bond donors (Lipinski definition) is 1. The monoisotopic (exact) mass is 432 g/mol. The second-order valence-corrected chi connectivity index (χ2v) is 7.85. The van der Waals surface area contributed by atoms with Crippen LogP contribution in [0.25, 0.3) is 11.1 Å². The van der Waals surface area contributed by atoms with Gasteiger partial charge in [-0.05, 0) is 36.8 Å². The molecule has 8 heteroatoms. The summed E-state index contributed by atoms with van der Waals surface area (Å²) in [5.74, 6) is 0.639. The maximum Gasteiger partial charge on any atom is 0.302 e. The molecule has 5 rings (SSSR count). The van der Waals surface area contributed by atoms with Gasteiger partial charge in [-0.3, -0.25) is 10.00 Å². The van der Waals surface area contributed by atoms with Gasteiger partial charge in [-0.25, -0.2) is 4.99 Å². The Morgan fingerprint density at radius 1 is 1.13 bits per heavy atom. The second kappa shape index (κ2) is 7.92. The van der Waals surface area contributed by atoms with Gasteiger partial charge in [0, 0.05) is 29.5 Å². The number of aliphatic imine (C=N–C) groups is 1. The lowest BCUT2D eigenvalue weighted by Gasteiger charge is -2.31. The fraction of sp³-hybridized carbons (Fsp3) is 0.174. The lowest BCUT2D eigenvalue weighted by atomic mass is 10.0. The number of para-hydroxylation sites is 2. The van der Waals surface area contributed by atoms with Crippen LogP contribution in [0.3, 0.4) is 0 Å². The minimum Gasteiger partial charge on any atom is -0.423 e. The van der Waals surface area contributed by atoms with E-state index in [2.05, 4.69) is 33.3 Å². The molecule has 1 unspecified atom stereocenters. The van der Waals surface area contributed by atoms with Crippen molar-refractivity contribution in [1.29, 1.82) is 0 Å². The fourth-order valence-corrected chi connectivity index (χ4v) is 3.90. The summed E-state index contributed by atoms with van der Waals surface area (Å²) in [5, 5.41) is 8.25. The van der Waals surface area contributed by atoms with Crippen LogP contribution in [0, 0.1) is 0 Å². The van der Waals surface area contributed by atoms with Crippen molar-refractivity contribution in [3.63, 3.8) is 0 Å². The van der Waals surface area contributed by atoms with Gasteiger partial charge in [-0.1, -0.05) is 41.9 Å². The maximum atomic E-state index is 6.46. The van der Waals surface area contributed by atoms with Crippen LogP contribution in [0.2, 0.25) is 5.02 Å². The van der Waals surface area contributed by atoms with E-state index >= 15 is 0 Å². The number of nitrogens with zero attached hydrogens (tertiary/aromatic N) is 5. The summed E-state index contributed by atoms with van der Waals surface area (Å²) in [6.07, 6.45) is 5.95. The van der Waals surface area contributed by atoms with Gasteiger partial charge in [-0.2, -0.15) is 10.1 Å². The van der Waals surface area contributed by atoms with E-state index in [9.17, 15) is 0 Å². The Bertz CT molecular complexity index is 1270. The van der Waals surface area contributed by atoms with Crippen LogP contribution in [0.15, 0.2) is 82.1 Å². The minimum atomic E-state index is -0.217. The molecular weight excluding hydrogens is 412 g/mol. The van der Waals surface area contributed by atoms with Crippen molar-refractivity contribution >= 4 is 34.7 Å². The molecule has 0 aliphatic carbocycles. The highest BCUT2D eigenvalue weighted by Gasteiger charge is 2.25. The highest BCUT2D eigenvalue weighted by molar-refractivity contribution is 6.31. The number of allylic oxidation sites excluding steroid dienone is 1. The summed E-state index contributed by atoms with van der Waals surface area (Å²) < 4.78 is 7.67. The Morgan fingerprint density at radius 3 is 2.71 bits per heavy atom. The van der Waals surface area contributed by atoms with Crippen molar-refractivity contribution in [2.75, 3.05) is 5.32 Å². The van der Waals surface area contributed by atoms with E-state index in [0.717, 1.165) is 27.9 Å². The van der Waals surface area contributed by atoms with Crippen LogP contribution < -0.4 is 5.32 Å². The van der Waals surface area contributed by atoms with Crippen molar-refractivity contribution in [2.24, 2.45) is 12.0 Å². The summed E-state index contributed by atoms with van der Waals surface area (Å²) in [7, 11) is 1.90. The quantitative estimate of drug-likeness (QED) is 0.483. The molecule has 31 heavy (non-hydrogen) atoms. The van der Waals surface area contributed by atoms with E-state index in [4.69, 9.17) is 21.0 Å². The van der Waals surface area contributed by atoms with Gasteiger partial charge in [0.25, 0.3) is 0 Å². The number of guanidine groups is 1. The summed E-state index contributed by atoms with van der Waals surface area (Å²) >= 11 is 6.46. The van der Waals surface area contributed by atoms with Crippen LogP contribution >= 0.6 is 11.6 Å². The third-order valence-corrected chi connectivity index (χ3v) is 5.52. The number of hydrogen-bond acceptors (Lipinski definition) is 6. The molecule has 7 nitrogen and oxygen atoms in total. The van der Waals surface area contributed by atoms with E-state index in [0.29, 0.717) is 23.5 Å². The molecule has 0 saturated heterocycles. The Hall–Kier alpha value is -3.58. The van der Waals surface area contributed by atoms with Gasteiger partial charge in [-0.15, -0.1) is 0 Å². The Morgan fingerprint density at radius 2 is 1.94 bits per heavy atom. The zero-order valence-corrected chi connectivity index (χ0v) is 17.9. The predicted octanol–water partition coefficient (Wildman–Crippen LogP) is 5.14. The molecule has 156 valence electrons. The Balaban J connectivity index is 1.52. The van der Waals surface area contributed by atoms with Gasteiger partial charge in [0.1, 0.15) is 11.6 Å². The number of aryl methyl sites for hydroxylation is 1. The molecule has 2 aromatic carbocycles. The van der Waals surface area contributed by atoms with Crippen LogP contribution in [-0.2, 0) is 13.6 Å². The smallest absolute Gasteiger partial charge is 0.302 e. The van der Waals surface area contributed by atoms with E-state index in [1.165, 1.54) is 0 Å². The number of anilines is 1. The summed E-state index contributed by atoms with van der Waals surface area (Å²) in [6, 6.07) is 15.6. The molecule has 0 radical (unpaired) electrons.